The number of hydrogen-bond donors (Lipinski definition) is 0. The van der Waals surface area contributed by atoms with Crippen LogP contribution in [0.3, 0.4) is 0 Å². The molecule has 0 fully saturated rings. The predicted octanol–water partition coefficient (Wildman–Crippen LogP) is 5.03. The van der Waals surface area contributed by atoms with Crippen LogP contribution in [0.25, 0.3) is 0 Å². The highest BCUT2D eigenvalue weighted by molar-refractivity contribution is 9.10. The molecule has 0 N–H and O–H groups in total. The Morgan fingerprint density at radius 1 is 0.958 bits per heavy atom. The molecule has 0 radical (unpaired) electrons. The fourth-order valence-electron chi connectivity index (χ4n) is 2.43. The topological polar surface area (TPSA) is 52.6 Å². The van der Waals surface area contributed by atoms with Crippen LogP contribution in [-0.4, -0.2) is 18.5 Å². The third-order valence-corrected chi connectivity index (χ3v) is 4.78. The van der Waals surface area contributed by atoms with E-state index in [-0.39, 0.29) is 6.61 Å². The van der Waals surface area contributed by atoms with Gasteiger partial charge in [-0.1, -0.05) is 61.7 Å². The van der Waals surface area contributed by atoms with Crippen molar-refractivity contribution in [1.29, 1.82) is 0 Å². The van der Waals surface area contributed by atoms with Crippen LogP contribution in [-0.2, 0) is 25.7 Å². The first-order chi connectivity index (χ1) is 11.5. The Morgan fingerprint density at radius 2 is 1.54 bits per heavy atom. The Bertz CT molecular complexity index is 521. The average molecular weight is 399 g/mol. The lowest BCUT2D eigenvalue weighted by Gasteiger charge is -2.27. The normalized spacial score (nSPS) is 11.2. The molecule has 24 heavy (non-hydrogen) atoms. The van der Waals surface area contributed by atoms with Gasteiger partial charge in [-0.05, 0) is 37.0 Å². The van der Waals surface area contributed by atoms with Crippen molar-refractivity contribution in [2.75, 3.05) is 6.61 Å². The summed E-state index contributed by atoms with van der Waals surface area (Å²) in [4.78, 5) is 25.0. The van der Waals surface area contributed by atoms with Gasteiger partial charge in [0, 0.05) is 4.47 Å². The van der Waals surface area contributed by atoms with Gasteiger partial charge in [-0.15, -0.1) is 0 Å². The van der Waals surface area contributed by atoms with E-state index in [0.717, 1.165) is 29.3 Å². The molecule has 4 nitrogen and oxygen atoms in total. The molecule has 5 heteroatoms. The molecule has 0 aromatic heterocycles. The number of carbonyl (C=O) groups excluding carboxylic acids is 2. The van der Waals surface area contributed by atoms with E-state index in [0.29, 0.717) is 19.4 Å². The van der Waals surface area contributed by atoms with E-state index in [9.17, 15) is 9.59 Å². The predicted molar refractivity (Wildman–Crippen MR) is 97.4 cm³/mol. The Morgan fingerprint density at radius 3 is 2.08 bits per heavy atom. The maximum Gasteiger partial charge on any atom is 0.323 e. The van der Waals surface area contributed by atoms with Crippen molar-refractivity contribution < 1.29 is 19.1 Å². The largest absolute Gasteiger partial charge is 0.465 e. The Balaban J connectivity index is 2.68. The molecule has 0 aliphatic rings. The molecule has 0 aliphatic carbocycles. The molecular formula is C19H27BrO4. The van der Waals surface area contributed by atoms with Crippen molar-refractivity contribution in [3.8, 4) is 0 Å². The molecule has 0 saturated carbocycles. The third kappa shape index (κ3) is 5.62. The highest BCUT2D eigenvalue weighted by atomic mass is 79.9. The van der Waals surface area contributed by atoms with Crippen molar-refractivity contribution in [1.82, 2.24) is 0 Å². The average Bonchev–Trinajstić information content (AvgIpc) is 2.60. The first-order valence-corrected chi connectivity index (χ1v) is 9.38. The van der Waals surface area contributed by atoms with Gasteiger partial charge in [0.25, 0.3) is 0 Å². The molecule has 0 unspecified atom stereocenters. The molecule has 0 atom stereocenters. The summed E-state index contributed by atoms with van der Waals surface area (Å²) in [5, 5.41) is 0. The number of rotatable bonds is 10. The summed E-state index contributed by atoms with van der Waals surface area (Å²) in [7, 11) is 0. The lowest BCUT2D eigenvalue weighted by molar-refractivity contribution is -0.174. The second kappa shape index (κ2) is 10.5. The van der Waals surface area contributed by atoms with Gasteiger partial charge in [0.2, 0.25) is 0 Å². The van der Waals surface area contributed by atoms with Crippen molar-refractivity contribution in [2.45, 2.75) is 59.5 Å². The van der Waals surface area contributed by atoms with Crippen molar-refractivity contribution in [3.05, 3.63) is 34.3 Å². The minimum atomic E-state index is -1.21. The SMILES string of the molecule is CCCCCOC(=O)C(CC)(CC)C(=O)OCc1ccc(Br)cc1. The van der Waals surface area contributed by atoms with Crippen LogP contribution in [0.5, 0.6) is 0 Å². The van der Waals surface area contributed by atoms with Gasteiger partial charge in [-0.3, -0.25) is 9.59 Å². The summed E-state index contributed by atoms with van der Waals surface area (Å²) < 4.78 is 11.7. The first kappa shape index (κ1) is 20.7. The van der Waals surface area contributed by atoms with Crippen LogP contribution in [0.4, 0.5) is 0 Å². The van der Waals surface area contributed by atoms with Crippen LogP contribution in [0.2, 0.25) is 0 Å². The van der Waals surface area contributed by atoms with Gasteiger partial charge in [-0.2, -0.15) is 0 Å². The number of benzene rings is 1. The summed E-state index contributed by atoms with van der Waals surface area (Å²) in [6, 6.07) is 7.52. The lowest BCUT2D eigenvalue weighted by atomic mass is 9.82. The molecule has 0 bridgehead atoms. The first-order valence-electron chi connectivity index (χ1n) is 8.59. The zero-order valence-electron chi connectivity index (χ0n) is 14.8. The molecule has 1 aromatic carbocycles. The quantitative estimate of drug-likeness (QED) is 0.315. The van der Waals surface area contributed by atoms with E-state index in [4.69, 9.17) is 9.47 Å². The fraction of sp³-hybridized carbons (Fsp3) is 0.579. The van der Waals surface area contributed by atoms with E-state index in [1.807, 2.05) is 38.1 Å². The molecule has 0 saturated heterocycles. The summed E-state index contributed by atoms with van der Waals surface area (Å²) in [6.45, 7) is 6.23. The number of carbonyl (C=O) groups is 2. The van der Waals surface area contributed by atoms with Gasteiger partial charge in [0.15, 0.2) is 5.41 Å². The van der Waals surface area contributed by atoms with Crippen LogP contribution >= 0.6 is 15.9 Å². The summed E-state index contributed by atoms with van der Waals surface area (Å²) in [5.41, 5.74) is -0.328. The second-order valence-electron chi connectivity index (χ2n) is 5.83. The molecule has 134 valence electrons. The Labute approximate surface area is 153 Å². The maximum atomic E-state index is 12.6. The van der Waals surface area contributed by atoms with E-state index in [2.05, 4.69) is 22.9 Å². The van der Waals surface area contributed by atoms with Crippen LogP contribution in [0, 0.1) is 5.41 Å². The highest BCUT2D eigenvalue weighted by Crippen LogP contribution is 2.30. The minimum absolute atomic E-state index is 0.150. The molecular weight excluding hydrogens is 372 g/mol. The van der Waals surface area contributed by atoms with Gasteiger partial charge in [-0.25, -0.2) is 0 Å². The van der Waals surface area contributed by atoms with Gasteiger partial charge >= 0.3 is 11.9 Å². The number of unbranched alkanes of at least 4 members (excludes halogenated alkanes) is 2. The van der Waals surface area contributed by atoms with Gasteiger partial charge in [0.05, 0.1) is 6.61 Å². The molecule has 0 aliphatic heterocycles. The van der Waals surface area contributed by atoms with Crippen LogP contribution < -0.4 is 0 Å². The highest BCUT2D eigenvalue weighted by Gasteiger charge is 2.45. The summed E-state index contributed by atoms with van der Waals surface area (Å²) >= 11 is 3.36. The van der Waals surface area contributed by atoms with Crippen molar-refractivity contribution >= 4 is 27.9 Å². The molecule has 0 heterocycles. The standard InChI is InChI=1S/C19H27BrO4/c1-4-7-8-13-23-17(21)19(5-2,6-3)18(22)24-14-15-9-11-16(20)12-10-15/h9-12H,4-8,13-14H2,1-3H3. The third-order valence-electron chi connectivity index (χ3n) is 4.25. The zero-order valence-corrected chi connectivity index (χ0v) is 16.4. The number of halogens is 1. The second-order valence-corrected chi connectivity index (χ2v) is 6.75. The number of esters is 2. The summed E-state index contributed by atoms with van der Waals surface area (Å²) in [6.07, 6.45) is 3.62. The fourth-order valence-corrected chi connectivity index (χ4v) is 2.70. The lowest BCUT2D eigenvalue weighted by Crippen LogP contribution is -2.41. The van der Waals surface area contributed by atoms with E-state index >= 15 is 0 Å². The van der Waals surface area contributed by atoms with Gasteiger partial charge in [0.1, 0.15) is 6.61 Å². The van der Waals surface area contributed by atoms with Crippen molar-refractivity contribution in [2.24, 2.45) is 5.41 Å². The van der Waals surface area contributed by atoms with Crippen LogP contribution in [0.1, 0.15) is 58.4 Å². The molecule has 1 aromatic rings. The van der Waals surface area contributed by atoms with Crippen molar-refractivity contribution in [3.63, 3.8) is 0 Å². The van der Waals surface area contributed by atoms with E-state index < -0.39 is 17.4 Å². The van der Waals surface area contributed by atoms with E-state index in [1.165, 1.54) is 0 Å². The minimum Gasteiger partial charge on any atom is -0.465 e. The molecule has 0 spiro atoms. The summed E-state index contributed by atoms with van der Waals surface area (Å²) in [5.74, 6) is -0.972. The monoisotopic (exact) mass is 398 g/mol. The maximum absolute atomic E-state index is 12.6. The number of ether oxygens (including phenoxy) is 2. The molecule has 0 amide bonds. The zero-order chi connectivity index (χ0) is 18.0. The van der Waals surface area contributed by atoms with Crippen LogP contribution in [0.15, 0.2) is 28.7 Å². The van der Waals surface area contributed by atoms with E-state index in [1.54, 1.807) is 0 Å². The Kier molecular flexibility index (Phi) is 9.04. The Hall–Kier alpha value is -1.36. The smallest absolute Gasteiger partial charge is 0.323 e. The van der Waals surface area contributed by atoms with Gasteiger partial charge < -0.3 is 9.47 Å². The molecule has 1 rings (SSSR count). The number of hydrogen-bond acceptors (Lipinski definition) is 4.